The highest BCUT2D eigenvalue weighted by Gasteiger charge is 2.51. The van der Waals surface area contributed by atoms with Crippen LogP contribution in [0.15, 0.2) is 23.0 Å². The quantitative estimate of drug-likeness (QED) is 0.816. The summed E-state index contributed by atoms with van der Waals surface area (Å²) in [6.45, 7) is 2.94. The smallest absolute Gasteiger partial charge is 0.301 e. The summed E-state index contributed by atoms with van der Waals surface area (Å²) < 4.78 is 36.0. The molecule has 0 saturated heterocycles. The average molecular weight is 349 g/mol. The zero-order valence-electron chi connectivity index (χ0n) is 14.2. The number of anilines is 2. The van der Waals surface area contributed by atoms with Crippen LogP contribution in [0.5, 0.6) is 5.75 Å². The Morgan fingerprint density at radius 1 is 1.36 bits per heavy atom. The first-order valence-electron chi connectivity index (χ1n) is 8.54. The summed E-state index contributed by atoms with van der Waals surface area (Å²) in [7, 11) is 0. The van der Waals surface area contributed by atoms with Gasteiger partial charge in [-0.1, -0.05) is 0 Å². The first-order valence-corrected chi connectivity index (χ1v) is 8.54. The van der Waals surface area contributed by atoms with E-state index >= 15 is 0 Å². The number of nitrogens with zero attached hydrogens (tertiary/aromatic N) is 1. The second-order valence-electron chi connectivity index (χ2n) is 7.26. The van der Waals surface area contributed by atoms with Gasteiger partial charge in [0.2, 0.25) is 5.75 Å². The predicted octanol–water partition coefficient (Wildman–Crippen LogP) is 3.38. The van der Waals surface area contributed by atoms with Crippen LogP contribution in [0.4, 0.5) is 20.2 Å². The summed E-state index contributed by atoms with van der Waals surface area (Å²) in [6, 6.07) is 3.99. The lowest BCUT2D eigenvalue weighted by atomic mass is 10.0. The van der Waals surface area contributed by atoms with E-state index < -0.39 is 24.1 Å². The summed E-state index contributed by atoms with van der Waals surface area (Å²) >= 11 is 0. The third kappa shape index (κ3) is 2.53. The molecule has 5 nitrogen and oxygen atoms in total. The minimum atomic E-state index is -3.04. The lowest BCUT2D eigenvalue weighted by Gasteiger charge is -2.25. The molecular weight excluding hydrogens is 328 g/mol. The molecule has 1 atom stereocenters. The van der Waals surface area contributed by atoms with Crippen LogP contribution in [-0.4, -0.2) is 23.1 Å². The fraction of sp³-hybridized carbons (Fsp3) is 0.500. The van der Waals surface area contributed by atoms with Crippen LogP contribution in [0.1, 0.15) is 32.7 Å². The van der Waals surface area contributed by atoms with Gasteiger partial charge in [-0.2, -0.15) is 0 Å². The molecule has 0 spiro atoms. The van der Waals surface area contributed by atoms with Crippen LogP contribution >= 0.6 is 0 Å². The van der Waals surface area contributed by atoms with Gasteiger partial charge in [0.05, 0.1) is 17.2 Å². The number of hydrogen-bond acceptors (Lipinski definition) is 4. The molecule has 25 heavy (non-hydrogen) atoms. The van der Waals surface area contributed by atoms with Gasteiger partial charge in [-0.25, -0.2) is 8.78 Å². The molecule has 1 aromatic heterocycles. The summed E-state index contributed by atoms with van der Waals surface area (Å²) in [4.78, 5) is 12.9. The first-order chi connectivity index (χ1) is 11.8. The average Bonchev–Trinajstić information content (AvgIpc) is 3.35. The van der Waals surface area contributed by atoms with Crippen LogP contribution in [0.25, 0.3) is 10.9 Å². The maximum absolute atomic E-state index is 14.5. The maximum atomic E-state index is 14.5. The molecule has 2 aromatic rings. The molecule has 0 amide bonds. The number of nitrogen functional groups attached to an aromatic ring is 1. The highest BCUT2D eigenvalue weighted by Crippen LogP contribution is 2.45. The zero-order chi connectivity index (χ0) is 17.9. The van der Waals surface area contributed by atoms with Crippen LogP contribution in [0.3, 0.4) is 0 Å². The van der Waals surface area contributed by atoms with Gasteiger partial charge in [-0.15, -0.1) is 0 Å². The number of aromatic nitrogens is 1. The molecule has 1 saturated carbocycles. The van der Waals surface area contributed by atoms with Crippen molar-refractivity contribution in [1.29, 1.82) is 0 Å². The summed E-state index contributed by atoms with van der Waals surface area (Å²) in [5.74, 6) is -3.19. The maximum Gasteiger partial charge on any atom is 0.301 e. The van der Waals surface area contributed by atoms with E-state index in [-0.39, 0.29) is 17.7 Å². The Morgan fingerprint density at radius 3 is 2.72 bits per heavy atom. The molecule has 1 aliphatic carbocycles. The fourth-order valence-corrected chi connectivity index (χ4v) is 3.61. The Balaban J connectivity index is 2.01. The molecule has 0 bridgehead atoms. The molecule has 3 N–H and O–H groups in total. The van der Waals surface area contributed by atoms with E-state index in [0.717, 1.165) is 12.8 Å². The predicted molar refractivity (Wildman–Crippen MR) is 93.6 cm³/mol. The van der Waals surface area contributed by atoms with E-state index in [1.165, 1.54) is 0 Å². The Kier molecular flexibility index (Phi) is 3.46. The fourth-order valence-electron chi connectivity index (χ4n) is 3.61. The van der Waals surface area contributed by atoms with Crippen LogP contribution in [-0.2, 0) is 0 Å². The molecule has 1 unspecified atom stereocenters. The SMILES string of the molecule is CC(C)n1c(=O)c2c(c3cc(N)ccc31)NC(C1CC1)C(F)(F)CO2. The van der Waals surface area contributed by atoms with Crippen molar-refractivity contribution in [2.75, 3.05) is 17.7 Å². The van der Waals surface area contributed by atoms with E-state index in [1.807, 2.05) is 13.8 Å². The number of benzene rings is 1. The number of ether oxygens (including phenoxy) is 1. The Labute approximate surface area is 143 Å². The van der Waals surface area contributed by atoms with Crippen LogP contribution in [0, 0.1) is 5.92 Å². The Hall–Kier alpha value is -2.31. The molecule has 0 radical (unpaired) electrons. The Bertz CT molecular complexity index is 903. The molecule has 1 fully saturated rings. The molecule has 134 valence electrons. The van der Waals surface area contributed by atoms with Crippen molar-refractivity contribution in [3.8, 4) is 5.75 Å². The lowest BCUT2D eigenvalue weighted by molar-refractivity contribution is -0.0579. The minimum Gasteiger partial charge on any atom is -0.480 e. The number of alkyl halides is 2. The van der Waals surface area contributed by atoms with Crippen LogP contribution in [0.2, 0.25) is 0 Å². The third-order valence-electron chi connectivity index (χ3n) is 4.96. The van der Waals surface area contributed by atoms with Gasteiger partial charge in [-0.3, -0.25) is 4.79 Å². The van der Waals surface area contributed by atoms with Crippen molar-refractivity contribution in [2.24, 2.45) is 5.92 Å². The summed E-state index contributed by atoms with van der Waals surface area (Å²) in [5, 5.41) is 3.58. The normalized spacial score (nSPS) is 22.2. The van der Waals surface area contributed by atoms with Gasteiger partial charge < -0.3 is 20.4 Å². The van der Waals surface area contributed by atoms with E-state index in [2.05, 4.69) is 5.32 Å². The van der Waals surface area contributed by atoms with Gasteiger partial charge >= 0.3 is 5.92 Å². The summed E-state index contributed by atoms with van der Waals surface area (Å²) in [6.07, 6.45) is 1.51. The number of halogens is 2. The summed E-state index contributed by atoms with van der Waals surface area (Å²) in [5.41, 5.74) is 7.01. The van der Waals surface area contributed by atoms with E-state index in [1.54, 1.807) is 22.8 Å². The standard InChI is InChI=1S/C18H21F2N3O2/c1-9(2)23-13-6-5-11(21)7-12(13)14-15(17(23)24)25-8-18(19,20)16(22-14)10-3-4-10/h5-7,9-10,16,22H,3-4,8,21H2,1-2H3. The van der Waals surface area contributed by atoms with Crippen molar-refractivity contribution in [1.82, 2.24) is 4.57 Å². The van der Waals surface area contributed by atoms with Gasteiger partial charge in [0.1, 0.15) is 0 Å². The number of nitrogens with one attached hydrogen (secondary N) is 1. The van der Waals surface area contributed by atoms with E-state index in [9.17, 15) is 13.6 Å². The molecule has 1 aliphatic heterocycles. The minimum absolute atomic E-state index is 0.0466. The second kappa shape index (κ2) is 5.34. The lowest BCUT2D eigenvalue weighted by Crippen LogP contribution is -2.44. The number of pyridine rings is 1. The molecule has 1 aromatic carbocycles. The van der Waals surface area contributed by atoms with Crippen molar-refractivity contribution in [3.05, 3.63) is 28.6 Å². The van der Waals surface area contributed by atoms with Gasteiger partial charge in [-0.05, 0) is 50.8 Å². The van der Waals surface area contributed by atoms with Crippen molar-refractivity contribution in [3.63, 3.8) is 0 Å². The molecule has 2 heterocycles. The number of fused-ring (bicyclic) bond motifs is 3. The number of rotatable bonds is 2. The highest BCUT2D eigenvalue weighted by atomic mass is 19.3. The zero-order valence-corrected chi connectivity index (χ0v) is 14.2. The largest absolute Gasteiger partial charge is 0.480 e. The van der Waals surface area contributed by atoms with Gasteiger partial charge in [0.25, 0.3) is 5.56 Å². The molecule has 2 aliphatic rings. The van der Waals surface area contributed by atoms with Gasteiger partial charge in [0.15, 0.2) is 6.61 Å². The highest BCUT2D eigenvalue weighted by molar-refractivity contribution is 5.97. The van der Waals surface area contributed by atoms with Crippen LogP contribution < -0.4 is 21.3 Å². The number of nitrogens with two attached hydrogens (primary N) is 1. The van der Waals surface area contributed by atoms with Crippen molar-refractivity contribution in [2.45, 2.75) is 44.7 Å². The first kappa shape index (κ1) is 16.2. The van der Waals surface area contributed by atoms with Gasteiger partial charge in [0, 0.05) is 17.1 Å². The monoisotopic (exact) mass is 349 g/mol. The number of hydrogen-bond donors (Lipinski definition) is 2. The van der Waals surface area contributed by atoms with Crippen molar-refractivity contribution >= 4 is 22.3 Å². The molecular formula is C18H21F2N3O2. The molecule has 4 rings (SSSR count). The topological polar surface area (TPSA) is 69.3 Å². The Morgan fingerprint density at radius 2 is 2.08 bits per heavy atom. The van der Waals surface area contributed by atoms with E-state index in [0.29, 0.717) is 22.3 Å². The van der Waals surface area contributed by atoms with E-state index in [4.69, 9.17) is 10.5 Å². The third-order valence-corrected chi connectivity index (χ3v) is 4.96. The second-order valence-corrected chi connectivity index (χ2v) is 7.26. The molecule has 7 heteroatoms. The van der Waals surface area contributed by atoms with Crippen molar-refractivity contribution < 1.29 is 13.5 Å².